The number of hydrogen-bond acceptors (Lipinski definition) is 7. The van der Waals surface area contributed by atoms with Crippen molar-refractivity contribution in [1.82, 2.24) is 0 Å². The van der Waals surface area contributed by atoms with Gasteiger partial charge in [0.2, 0.25) is 0 Å². The van der Waals surface area contributed by atoms with E-state index >= 15 is 0 Å². The third-order valence-electron chi connectivity index (χ3n) is 4.73. The Morgan fingerprint density at radius 3 is 1.70 bits per heavy atom. The lowest BCUT2D eigenvalue weighted by atomic mass is 10.1. The molecule has 0 aliphatic rings. The summed E-state index contributed by atoms with van der Waals surface area (Å²) in [7, 11) is 0. The molecule has 11 heteroatoms. The summed E-state index contributed by atoms with van der Waals surface area (Å²) in [5.41, 5.74) is 1.24. The molecule has 0 aliphatic carbocycles. The van der Waals surface area contributed by atoms with Gasteiger partial charge >= 0.3 is 6.07 Å². The van der Waals surface area contributed by atoms with Crippen LogP contribution >= 0.6 is 28.6 Å². The molecule has 0 atom stereocenters. The van der Waals surface area contributed by atoms with Gasteiger partial charge in [0.25, 0.3) is 5.69 Å². The largest absolute Gasteiger partial charge is 0.494 e. The Morgan fingerprint density at radius 2 is 1.21 bits per heavy atom. The number of nitro benzene ring substituents is 1. The number of non-ortho nitro benzene ring substituents is 1. The Bertz CT molecular complexity index is 921. The molecule has 0 saturated heterocycles. The van der Waals surface area contributed by atoms with Crippen molar-refractivity contribution in [2.75, 3.05) is 13.2 Å². The topological polar surface area (TPSA) is 103 Å². The Balaban J connectivity index is 1.52. The molecule has 0 amide bonds. The number of rotatable bonds is 16. The summed E-state index contributed by atoms with van der Waals surface area (Å²) in [4.78, 5) is 10.2. The van der Waals surface area contributed by atoms with Crippen molar-refractivity contribution in [1.29, 1.82) is 0 Å². The average Bonchev–Trinajstić information content (AvgIpc) is 2.78. The van der Waals surface area contributed by atoms with Crippen LogP contribution in [0.1, 0.15) is 51.4 Å². The highest BCUT2D eigenvalue weighted by molar-refractivity contribution is 8.05. The number of halogens is 2. The number of nitro groups is 1. The highest BCUT2D eigenvalue weighted by Gasteiger charge is 2.12. The smallest absolute Gasteiger partial charge is 0.380 e. The Morgan fingerprint density at radius 1 is 0.758 bits per heavy atom. The van der Waals surface area contributed by atoms with Gasteiger partial charge in [0.1, 0.15) is 5.75 Å². The van der Waals surface area contributed by atoms with E-state index in [1.807, 2.05) is 24.3 Å². The van der Waals surface area contributed by atoms with E-state index in [0.717, 1.165) is 44.3 Å². The van der Waals surface area contributed by atoms with Gasteiger partial charge in [-0.3, -0.25) is 14.7 Å². The average molecular weight is 516 g/mol. The van der Waals surface area contributed by atoms with Gasteiger partial charge in [-0.1, -0.05) is 38.5 Å². The first-order valence-electron chi connectivity index (χ1n) is 10.9. The second kappa shape index (κ2) is 15.0. The molecular formula is C22H28Cl2N3O5P. The number of benzene rings is 2. The van der Waals surface area contributed by atoms with E-state index in [1.54, 1.807) is 12.1 Å². The molecule has 0 N–H and O–H groups in total. The standard InChI is InChI=1S/C22H28Cl2N3O5P/c23-33(24,30)32-18-8-6-4-2-1-3-5-7-17-31-22-15-11-20(12-16-22)26-25-19-9-13-21(14-10-19)27(28)29/h9-16H,1-8,17-18H2. The van der Waals surface area contributed by atoms with Crippen LogP contribution in [0.25, 0.3) is 0 Å². The van der Waals surface area contributed by atoms with Gasteiger partial charge < -0.3 is 9.26 Å². The zero-order valence-electron chi connectivity index (χ0n) is 18.3. The third-order valence-corrected chi connectivity index (χ3v) is 5.80. The summed E-state index contributed by atoms with van der Waals surface area (Å²) in [5, 5.41) is 18.9. The van der Waals surface area contributed by atoms with Crippen molar-refractivity contribution >= 4 is 45.6 Å². The Labute approximate surface area is 203 Å². The van der Waals surface area contributed by atoms with E-state index < -0.39 is 11.0 Å². The summed E-state index contributed by atoms with van der Waals surface area (Å²) in [5.74, 6) is 0.782. The van der Waals surface area contributed by atoms with E-state index in [2.05, 4.69) is 10.2 Å². The minimum Gasteiger partial charge on any atom is -0.494 e. The van der Waals surface area contributed by atoms with Gasteiger partial charge in [-0.2, -0.15) is 10.2 Å². The molecule has 0 saturated carbocycles. The lowest BCUT2D eigenvalue weighted by Gasteiger charge is -2.06. The Kier molecular flexibility index (Phi) is 12.4. The van der Waals surface area contributed by atoms with Crippen molar-refractivity contribution in [3.63, 3.8) is 0 Å². The van der Waals surface area contributed by atoms with Crippen molar-refractivity contribution < 1.29 is 18.7 Å². The van der Waals surface area contributed by atoms with Crippen LogP contribution in [0.4, 0.5) is 17.1 Å². The first-order valence-corrected chi connectivity index (χ1v) is 14.3. The number of azo groups is 1. The molecule has 0 heterocycles. The number of ether oxygens (including phenoxy) is 1. The molecule has 2 aromatic rings. The second-order valence-electron chi connectivity index (χ2n) is 7.39. The van der Waals surface area contributed by atoms with Crippen LogP contribution in [0.15, 0.2) is 58.8 Å². The van der Waals surface area contributed by atoms with Crippen LogP contribution in [0, 0.1) is 10.1 Å². The van der Waals surface area contributed by atoms with Crippen LogP contribution < -0.4 is 4.74 Å². The van der Waals surface area contributed by atoms with Crippen molar-refractivity contribution in [3.05, 3.63) is 58.6 Å². The maximum Gasteiger partial charge on any atom is 0.380 e. The van der Waals surface area contributed by atoms with Crippen LogP contribution in [-0.2, 0) is 9.09 Å². The first kappa shape index (κ1) is 27.3. The third kappa shape index (κ3) is 12.7. The first-order chi connectivity index (χ1) is 15.8. The zero-order chi connectivity index (χ0) is 23.9. The molecule has 0 fully saturated rings. The zero-order valence-corrected chi connectivity index (χ0v) is 20.7. The highest BCUT2D eigenvalue weighted by Crippen LogP contribution is 2.57. The molecule has 33 heavy (non-hydrogen) atoms. The normalized spacial score (nSPS) is 11.7. The quantitative estimate of drug-likeness (QED) is 0.0728. The molecule has 2 rings (SSSR count). The van der Waals surface area contributed by atoms with Gasteiger partial charge in [0, 0.05) is 12.1 Å². The summed E-state index contributed by atoms with van der Waals surface area (Å²) in [6.45, 7) is 1.00. The van der Waals surface area contributed by atoms with Crippen molar-refractivity contribution in [2.45, 2.75) is 51.4 Å². The summed E-state index contributed by atoms with van der Waals surface area (Å²) in [6, 6.07) is 13.2. The van der Waals surface area contributed by atoms with E-state index in [9.17, 15) is 14.7 Å². The fourth-order valence-electron chi connectivity index (χ4n) is 2.99. The van der Waals surface area contributed by atoms with Crippen LogP contribution in [-0.4, -0.2) is 18.1 Å². The second-order valence-corrected chi connectivity index (χ2v) is 11.7. The van der Waals surface area contributed by atoms with E-state index in [-0.39, 0.29) is 5.69 Å². The lowest BCUT2D eigenvalue weighted by Crippen LogP contribution is -1.97. The minimum atomic E-state index is -3.38. The molecular weight excluding hydrogens is 488 g/mol. The monoisotopic (exact) mass is 515 g/mol. The minimum absolute atomic E-state index is 0.0201. The van der Waals surface area contributed by atoms with Crippen molar-refractivity contribution in [2.24, 2.45) is 10.2 Å². The van der Waals surface area contributed by atoms with Gasteiger partial charge in [-0.25, -0.2) is 0 Å². The fraction of sp³-hybridized carbons (Fsp3) is 0.455. The molecule has 0 spiro atoms. The molecule has 0 radical (unpaired) electrons. The molecule has 2 aromatic carbocycles. The predicted octanol–water partition coefficient (Wildman–Crippen LogP) is 9.11. The lowest BCUT2D eigenvalue weighted by molar-refractivity contribution is -0.384. The SMILES string of the molecule is O=[N+]([O-])c1ccc(N=Nc2ccc(OCCCCCCCCCCOP(=O)(Cl)Cl)cc2)cc1. The maximum absolute atomic E-state index is 11.0. The molecule has 8 nitrogen and oxygen atoms in total. The fourth-order valence-corrected chi connectivity index (χ4v) is 3.75. The molecule has 0 aliphatic heterocycles. The summed E-state index contributed by atoms with van der Waals surface area (Å²) in [6.07, 6.45) is 5.18. The molecule has 0 bridgehead atoms. The van der Waals surface area contributed by atoms with Gasteiger partial charge in [-0.15, -0.1) is 0 Å². The maximum atomic E-state index is 11.0. The van der Waals surface area contributed by atoms with Gasteiger partial charge in [0.15, 0.2) is 0 Å². The number of nitrogens with zero attached hydrogens (tertiary/aromatic N) is 3. The summed E-state index contributed by atoms with van der Waals surface area (Å²) >= 11 is 10.6. The van der Waals surface area contributed by atoms with E-state index in [4.69, 9.17) is 31.7 Å². The predicted molar refractivity (Wildman–Crippen MR) is 131 cm³/mol. The van der Waals surface area contributed by atoms with Crippen LogP contribution in [0.5, 0.6) is 5.75 Å². The number of unbranched alkanes of at least 4 members (excludes halogenated alkanes) is 7. The van der Waals surface area contributed by atoms with E-state index in [1.165, 1.54) is 25.0 Å². The number of hydrogen-bond donors (Lipinski definition) is 0. The molecule has 0 aromatic heterocycles. The Hall–Kier alpha value is -1.99. The molecule has 180 valence electrons. The summed E-state index contributed by atoms with van der Waals surface area (Å²) < 4.78 is 21.5. The van der Waals surface area contributed by atoms with Crippen LogP contribution in [0.3, 0.4) is 0 Å². The van der Waals surface area contributed by atoms with Gasteiger partial charge in [-0.05, 0) is 71.7 Å². The van der Waals surface area contributed by atoms with E-state index in [0.29, 0.717) is 24.6 Å². The van der Waals surface area contributed by atoms with Gasteiger partial charge in [0.05, 0.1) is 29.5 Å². The van der Waals surface area contributed by atoms with Crippen LogP contribution in [0.2, 0.25) is 0 Å². The van der Waals surface area contributed by atoms with Crippen molar-refractivity contribution in [3.8, 4) is 5.75 Å². The highest BCUT2D eigenvalue weighted by atomic mass is 35.9. The molecule has 0 unspecified atom stereocenters.